The Morgan fingerprint density at radius 2 is 1.79 bits per heavy atom. The standard InChI is InChI=1S/C33H52N6O7S/c1-33(2,3)46-32(43)26-14-12-23(18-29(26)40)17-27(34)30(41)38-28(19-25-20-35-21-36-25)31(42)37-24(15-16-47(44,45)39(4)5)13-11-22-9-7-6-8-10-22/h12,14,18,20-22,24,27-28,40H,6-11,13,15-17,19,34H2,1-5H3,(H,35,36)(H,37,42)(H,38,41)/t24-,27?,28?/m0/s1. The first-order valence-corrected chi connectivity index (χ1v) is 17.9. The Morgan fingerprint density at radius 3 is 2.38 bits per heavy atom. The van der Waals surface area contributed by atoms with Gasteiger partial charge in [-0.3, -0.25) is 9.59 Å². The highest BCUT2D eigenvalue weighted by Gasteiger charge is 2.29. The van der Waals surface area contributed by atoms with Crippen LogP contribution in [0.15, 0.2) is 30.7 Å². The first-order valence-electron chi connectivity index (χ1n) is 16.3. The number of phenolic OH excluding ortho intramolecular Hbond substituents is 1. The van der Waals surface area contributed by atoms with Crippen LogP contribution >= 0.6 is 0 Å². The minimum absolute atomic E-state index is 0.00569. The van der Waals surface area contributed by atoms with Crippen molar-refractivity contribution in [3.63, 3.8) is 0 Å². The third-order valence-electron chi connectivity index (χ3n) is 8.35. The van der Waals surface area contributed by atoms with E-state index in [1.54, 1.807) is 33.0 Å². The van der Waals surface area contributed by atoms with Crippen molar-refractivity contribution in [2.45, 2.75) is 109 Å². The quantitative estimate of drug-likeness (QED) is 0.166. The number of nitrogens with two attached hydrogens (primary N) is 1. The van der Waals surface area contributed by atoms with Gasteiger partial charge in [0.1, 0.15) is 23.0 Å². The number of aromatic amines is 1. The SMILES string of the molecule is CN(C)S(=O)(=O)CC[C@H](CCC1CCCCC1)NC(=O)C(Cc1c[nH]cn1)NC(=O)C(N)Cc1ccc(C(=O)OC(C)(C)C)c(O)c1. The number of carbonyl (C=O) groups is 3. The Kier molecular flexibility index (Phi) is 13.8. The van der Waals surface area contributed by atoms with E-state index in [1.807, 2.05) is 0 Å². The van der Waals surface area contributed by atoms with Gasteiger partial charge in [0.05, 0.1) is 23.8 Å². The van der Waals surface area contributed by atoms with Crippen LogP contribution in [0.2, 0.25) is 0 Å². The zero-order valence-electron chi connectivity index (χ0n) is 28.3. The summed E-state index contributed by atoms with van der Waals surface area (Å²) < 4.78 is 31.6. The molecule has 2 unspecified atom stereocenters. The fourth-order valence-electron chi connectivity index (χ4n) is 5.63. The van der Waals surface area contributed by atoms with E-state index in [4.69, 9.17) is 10.5 Å². The van der Waals surface area contributed by atoms with Crippen molar-refractivity contribution in [3.05, 3.63) is 47.5 Å². The second-order valence-electron chi connectivity index (χ2n) is 13.7. The van der Waals surface area contributed by atoms with Gasteiger partial charge < -0.3 is 31.2 Å². The number of ether oxygens (including phenoxy) is 1. The summed E-state index contributed by atoms with van der Waals surface area (Å²) in [4.78, 5) is 46.5. The molecule has 0 bridgehead atoms. The Hall–Kier alpha value is -3.49. The highest BCUT2D eigenvalue weighted by Crippen LogP contribution is 2.28. The number of amides is 2. The summed E-state index contributed by atoms with van der Waals surface area (Å²) in [6, 6.07) is 1.85. The van der Waals surface area contributed by atoms with Crippen molar-refractivity contribution in [1.82, 2.24) is 24.9 Å². The number of carbonyl (C=O) groups excluding carboxylic acids is 3. The molecule has 1 saturated carbocycles. The molecule has 6 N–H and O–H groups in total. The van der Waals surface area contributed by atoms with Gasteiger partial charge in [-0.05, 0) is 70.1 Å². The number of esters is 1. The van der Waals surface area contributed by atoms with Crippen LogP contribution in [-0.2, 0) is 37.2 Å². The molecule has 0 radical (unpaired) electrons. The zero-order valence-corrected chi connectivity index (χ0v) is 29.1. The molecule has 0 aliphatic heterocycles. The minimum atomic E-state index is -3.47. The van der Waals surface area contributed by atoms with Crippen LogP contribution in [-0.4, -0.2) is 89.2 Å². The molecule has 14 heteroatoms. The highest BCUT2D eigenvalue weighted by atomic mass is 32.2. The number of sulfonamides is 1. The van der Waals surface area contributed by atoms with Gasteiger partial charge in [-0.2, -0.15) is 0 Å². The Balaban J connectivity index is 1.71. The first kappa shape index (κ1) is 38.0. The predicted molar refractivity (Wildman–Crippen MR) is 179 cm³/mol. The molecule has 0 spiro atoms. The lowest BCUT2D eigenvalue weighted by atomic mass is 9.85. The van der Waals surface area contributed by atoms with Gasteiger partial charge in [0.15, 0.2) is 0 Å². The average molecular weight is 677 g/mol. The third kappa shape index (κ3) is 12.6. The van der Waals surface area contributed by atoms with E-state index < -0.39 is 51.5 Å². The van der Waals surface area contributed by atoms with Crippen molar-refractivity contribution in [3.8, 4) is 5.75 Å². The molecule has 1 aromatic carbocycles. The van der Waals surface area contributed by atoms with Crippen LogP contribution in [0.5, 0.6) is 5.75 Å². The van der Waals surface area contributed by atoms with Crippen molar-refractivity contribution < 1.29 is 32.6 Å². The Bertz CT molecular complexity index is 1430. The topological polar surface area (TPSA) is 197 Å². The number of hydrogen-bond acceptors (Lipinski definition) is 9. The lowest BCUT2D eigenvalue weighted by molar-refractivity contribution is -0.130. The van der Waals surface area contributed by atoms with E-state index in [0.717, 1.165) is 19.3 Å². The molecule has 262 valence electrons. The van der Waals surface area contributed by atoms with E-state index in [1.165, 1.54) is 56.1 Å². The van der Waals surface area contributed by atoms with Crippen LogP contribution < -0.4 is 16.4 Å². The molecule has 0 saturated heterocycles. The number of H-pyrrole nitrogens is 1. The van der Waals surface area contributed by atoms with Crippen LogP contribution in [0.1, 0.15) is 93.8 Å². The summed E-state index contributed by atoms with van der Waals surface area (Å²) in [5.41, 5.74) is 6.57. The molecule has 13 nitrogen and oxygen atoms in total. The highest BCUT2D eigenvalue weighted by molar-refractivity contribution is 7.89. The lowest BCUT2D eigenvalue weighted by Crippen LogP contribution is -2.54. The number of nitrogens with zero attached hydrogens (tertiary/aromatic N) is 2. The largest absolute Gasteiger partial charge is 0.507 e. The number of aromatic nitrogens is 2. The fraction of sp³-hybridized carbons (Fsp3) is 0.636. The molecule has 1 aliphatic carbocycles. The van der Waals surface area contributed by atoms with Crippen LogP contribution in [0, 0.1) is 5.92 Å². The molecule has 1 fully saturated rings. The van der Waals surface area contributed by atoms with E-state index in [2.05, 4.69) is 20.6 Å². The van der Waals surface area contributed by atoms with Crippen LogP contribution in [0.25, 0.3) is 0 Å². The maximum Gasteiger partial charge on any atom is 0.342 e. The number of aromatic hydroxyl groups is 1. The molecule has 1 aliphatic rings. The summed E-state index contributed by atoms with van der Waals surface area (Å²) >= 11 is 0. The fourth-order valence-corrected chi connectivity index (χ4v) is 6.58. The number of benzene rings is 1. The molecule has 3 rings (SSSR count). The third-order valence-corrected chi connectivity index (χ3v) is 10.2. The van der Waals surface area contributed by atoms with Gasteiger partial charge in [-0.15, -0.1) is 0 Å². The molecule has 47 heavy (non-hydrogen) atoms. The molecule has 2 aromatic rings. The van der Waals surface area contributed by atoms with Crippen molar-refractivity contribution in [2.24, 2.45) is 11.7 Å². The van der Waals surface area contributed by atoms with E-state index in [-0.39, 0.29) is 36.3 Å². The zero-order chi connectivity index (χ0) is 34.8. The van der Waals surface area contributed by atoms with E-state index in [0.29, 0.717) is 23.6 Å². The summed E-state index contributed by atoms with van der Waals surface area (Å²) in [6.07, 6.45) is 10.8. The van der Waals surface area contributed by atoms with Gasteiger partial charge in [0.2, 0.25) is 21.8 Å². The molecular formula is C33H52N6O7S. The van der Waals surface area contributed by atoms with Gasteiger partial charge in [0.25, 0.3) is 0 Å². The first-order chi connectivity index (χ1) is 22.0. The summed E-state index contributed by atoms with van der Waals surface area (Å²) in [6.45, 7) is 5.17. The van der Waals surface area contributed by atoms with Crippen molar-refractivity contribution in [2.75, 3.05) is 19.8 Å². The number of rotatable bonds is 16. The number of phenols is 1. The summed E-state index contributed by atoms with van der Waals surface area (Å²) in [7, 11) is -0.501. The van der Waals surface area contributed by atoms with Gasteiger partial charge in [-0.1, -0.05) is 38.2 Å². The van der Waals surface area contributed by atoms with Crippen molar-refractivity contribution in [1.29, 1.82) is 0 Å². The maximum atomic E-state index is 13.7. The van der Waals surface area contributed by atoms with Crippen LogP contribution in [0.4, 0.5) is 0 Å². The van der Waals surface area contributed by atoms with Crippen LogP contribution in [0.3, 0.4) is 0 Å². The smallest absolute Gasteiger partial charge is 0.342 e. The Labute approximate surface area is 278 Å². The maximum absolute atomic E-state index is 13.7. The minimum Gasteiger partial charge on any atom is -0.507 e. The molecular weight excluding hydrogens is 624 g/mol. The molecule has 1 heterocycles. The van der Waals surface area contributed by atoms with Gasteiger partial charge in [0, 0.05) is 32.8 Å². The van der Waals surface area contributed by atoms with E-state index >= 15 is 0 Å². The van der Waals surface area contributed by atoms with Gasteiger partial charge in [-0.25, -0.2) is 22.5 Å². The average Bonchev–Trinajstić information content (AvgIpc) is 3.51. The molecule has 2 amide bonds. The van der Waals surface area contributed by atoms with Crippen molar-refractivity contribution >= 4 is 27.8 Å². The number of imidazole rings is 1. The Morgan fingerprint density at radius 1 is 1.09 bits per heavy atom. The number of hydrogen-bond donors (Lipinski definition) is 5. The summed E-state index contributed by atoms with van der Waals surface area (Å²) in [5.74, 6) is -1.59. The van der Waals surface area contributed by atoms with Gasteiger partial charge >= 0.3 is 5.97 Å². The molecule has 3 atom stereocenters. The second-order valence-corrected chi connectivity index (χ2v) is 16.0. The van der Waals surface area contributed by atoms with E-state index in [9.17, 15) is 27.9 Å². The lowest BCUT2D eigenvalue weighted by Gasteiger charge is -2.27. The number of nitrogens with one attached hydrogen (secondary N) is 3. The monoisotopic (exact) mass is 676 g/mol. The predicted octanol–water partition coefficient (Wildman–Crippen LogP) is 2.79. The normalized spacial score (nSPS) is 16.3. The molecule has 1 aromatic heterocycles. The second kappa shape index (κ2) is 17.1. The summed E-state index contributed by atoms with van der Waals surface area (Å²) in [5, 5.41) is 16.2.